The molecule has 2 aliphatic rings. The zero-order valence-corrected chi connectivity index (χ0v) is 17.9. The fraction of sp³-hybridized carbons (Fsp3) is 0.500. The standard InChI is InChI=1S/C20H23ClN6O.ClH/c1-2-18-22-19(25-28-18)13-7-9-14(10-8-13)20-24-23-17-12-26(21)11-15-5-3-4-6-16(15)27(17)20;/h3-6,13-14H,2,7-12H2,1H3;1H. The van der Waals surface area contributed by atoms with E-state index in [1.54, 1.807) is 4.42 Å². The Morgan fingerprint density at radius 2 is 1.83 bits per heavy atom. The highest BCUT2D eigenvalue weighted by atomic mass is 35.5. The maximum Gasteiger partial charge on any atom is 0.226 e. The predicted molar refractivity (Wildman–Crippen MR) is 111 cm³/mol. The first-order chi connectivity index (χ1) is 13.7. The van der Waals surface area contributed by atoms with Gasteiger partial charge < -0.3 is 4.52 Å². The predicted octanol–water partition coefficient (Wildman–Crippen LogP) is 4.55. The molecule has 1 aromatic carbocycles. The van der Waals surface area contributed by atoms with E-state index in [-0.39, 0.29) is 12.4 Å². The zero-order valence-electron chi connectivity index (χ0n) is 16.3. The second kappa shape index (κ2) is 8.42. The lowest BCUT2D eigenvalue weighted by atomic mass is 9.81. The van der Waals surface area contributed by atoms with E-state index >= 15 is 0 Å². The van der Waals surface area contributed by atoms with Crippen LogP contribution in [0.1, 0.15) is 73.4 Å². The molecule has 1 aliphatic heterocycles. The van der Waals surface area contributed by atoms with Crippen molar-refractivity contribution in [3.8, 4) is 5.69 Å². The average Bonchev–Trinajstić information content (AvgIpc) is 3.33. The van der Waals surface area contributed by atoms with Crippen LogP contribution >= 0.6 is 24.2 Å². The molecule has 0 amide bonds. The Labute approximate surface area is 181 Å². The molecule has 7 nitrogen and oxygen atoms in total. The Bertz CT molecular complexity index is 979. The van der Waals surface area contributed by atoms with Gasteiger partial charge in [0.1, 0.15) is 5.82 Å². The monoisotopic (exact) mass is 434 g/mol. The van der Waals surface area contributed by atoms with E-state index in [4.69, 9.17) is 16.3 Å². The summed E-state index contributed by atoms with van der Waals surface area (Å²) in [6, 6.07) is 8.38. The number of nitrogens with zero attached hydrogens (tertiary/aromatic N) is 6. The quantitative estimate of drug-likeness (QED) is 0.563. The van der Waals surface area contributed by atoms with Crippen LogP contribution in [0, 0.1) is 0 Å². The second-order valence-corrected chi connectivity index (χ2v) is 8.14. The molecule has 1 fully saturated rings. The first-order valence-corrected chi connectivity index (χ1v) is 10.3. The normalized spacial score (nSPS) is 21.7. The highest BCUT2D eigenvalue weighted by molar-refractivity contribution is 6.13. The minimum Gasteiger partial charge on any atom is -0.339 e. The summed E-state index contributed by atoms with van der Waals surface area (Å²) in [6.07, 6.45) is 4.96. The van der Waals surface area contributed by atoms with Crippen molar-refractivity contribution in [3.63, 3.8) is 0 Å². The molecule has 0 unspecified atom stereocenters. The van der Waals surface area contributed by atoms with Gasteiger partial charge in [-0.15, -0.1) is 22.6 Å². The maximum atomic E-state index is 6.40. The number of halogens is 2. The highest BCUT2D eigenvalue weighted by Gasteiger charge is 2.32. The van der Waals surface area contributed by atoms with Gasteiger partial charge in [-0.05, 0) is 49.1 Å². The minimum atomic E-state index is 0. The Hall–Kier alpha value is -1.96. The summed E-state index contributed by atoms with van der Waals surface area (Å²) in [4.78, 5) is 4.53. The summed E-state index contributed by atoms with van der Waals surface area (Å²) in [6.45, 7) is 3.32. The molecule has 5 rings (SSSR count). The number of para-hydroxylation sites is 1. The molecule has 1 aliphatic carbocycles. The molecule has 0 spiro atoms. The van der Waals surface area contributed by atoms with Crippen LogP contribution in [0.3, 0.4) is 0 Å². The summed E-state index contributed by atoms with van der Waals surface area (Å²) in [7, 11) is 0. The summed E-state index contributed by atoms with van der Waals surface area (Å²) in [5.74, 6) is 4.29. The number of hydrogen-bond acceptors (Lipinski definition) is 6. The third kappa shape index (κ3) is 3.79. The topological polar surface area (TPSA) is 72.9 Å². The fourth-order valence-electron chi connectivity index (χ4n) is 4.40. The molecule has 154 valence electrons. The smallest absolute Gasteiger partial charge is 0.226 e. The van der Waals surface area contributed by atoms with E-state index in [1.807, 2.05) is 6.92 Å². The molecule has 3 heterocycles. The Morgan fingerprint density at radius 3 is 2.59 bits per heavy atom. The van der Waals surface area contributed by atoms with Crippen molar-refractivity contribution >= 4 is 24.2 Å². The maximum absolute atomic E-state index is 6.40. The van der Waals surface area contributed by atoms with Gasteiger partial charge in [-0.3, -0.25) is 4.57 Å². The molecular formula is C20H24Cl2N6O. The van der Waals surface area contributed by atoms with Crippen LogP contribution in [-0.2, 0) is 19.5 Å². The van der Waals surface area contributed by atoms with Gasteiger partial charge in [-0.2, -0.15) is 4.98 Å². The Morgan fingerprint density at radius 1 is 1.07 bits per heavy atom. The third-order valence-corrected chi connectivity index (χ3v) is 6.13. The molecule has 0 saturated heterocycles. The van der Waals surface area contributed by atoms with Gasteiger partial charge in [0.05, 0.1) is 12.2 Å². The van der Waals surface area contributed by atoms with Crippen LogP contribution in [0.4, 0.5) is 0 Å². The lowest BCUT2D eigenvalue weighted by Gasteiger charge is -2.26. The van der Waals surface area contributed by atoms with E-state index in [1.165, 1.54) is 5.56 Å². The van der Waals surface area contributed by atoms with Crippen molar-refractivity contribution in [3.05, 3.63) is 53.2 Å². The summed E-state index contributed by atoms with van der Waals surface area (Å²) in [5, 5.41) is 13.2. The SMILES string of the molecule is CCc1nc(C2CCC(c3nnc4n3-c3ccccc3CN(Cl)C4)CC2)no1.Cl. The average molecular weight is 435 g/mol. The van der Waals surface area contributed by atoms with Crippen LogP contribution in [0.15, 0.2) is 28.8 Å². The van der Waals surface area contributed by atoms with Crippen molar-refractivity contribution in [2.45, 2.75) is 64.0 Å². The van der Waals surface area contributed by atoms with Gasteiger partial charge >= 0.3 is 0 Å². The molecule has 9 heteroatoms. The molecule has 0 N–H and O–H groups in total. The van der Waals surface area contributed by atoms with Crippen LogP contribution in [0.25, 0.3) is 5.69 Å². The summed E-state index contributed by atoms with van der Waals surface area (Å²) in [5.41, 5.74) is 2.35. The van der Waals surface area contributed by atoms with Gasteiger partial charge in [0.25, 0.3) is 0 Å². The lowest BCUT2D eigenvalue weighted by Crippen LogP contribution is -2.17. The second-order valence-electron chi connectivity index (χ2n) is 7.67. The Balaban J connectivity index is 0.00000205. The van der Waals surface area contributed by atoms with Crippen molar-refractivity contribution < 1.29 is 4.52 Å². The van der Waals surface area contributed by atoms with E-state index < -0.39 is 0 Å². The van der Waals surface area contributed by atoms with Crippen LogP contribution in [-0.4, -0.2) is 29.3 Å². The molecule has 1 saturated carbocycles. The van der Waals surface area contributed by atoms with Crippen LogP contribution < -0.4 is 0 Å². The lowest BCUT2D eigenvalue weighted by molar-refractivity contribution is 0.344. The largest absolute Gasteiger partial charge is 0.339 e. The van der Waals surface area contributed by atoms with Crippen LogP contribution in [0.5, 0.6) is 0 Å². The number of fused-ring (bicyclic) bond motifs is 3. The fourth-order valence-corrected chi connectivity index (χ4v) is 4.64. The molecule has 0 bridgehead atoms. The Kier molecular flexibility index (Phi) is 5.90. The minimum absolute atomic E-state index is 0. The summed E-state index contributed by atoms with van der Waals surface area (Å²) >= 11 is 6.40. The number of benzene rings is 1. The van der Waals surface area contributed by atoms with E-state index in [9.17, 15) is 0 Å². The molecular weight excluding hydrogens is 411 g/mol. The van der Waals surface area contributed by atoms with Crippen molar-refractivity contribution in [1.29, 1.82) is 0 Å². The van der Waals surface area contributed by atoms with E-state index in [2.05, 4.69) is 49.2 Å². The molecule has 0 atom stereocenters. The molecule has 0 radical (unpaired) electrons. The number of aromatic nitrogens is 5. The number of hydrogen-bond donors (Lipinski definition) is 0. The third-order valence-electron chi connectivity index (χ3n) is 5.89. The van der Waals surface area contributed by atoms with Gasteiger partial charge in [-0.25, -0.2) is 4.42 Å². The van der Waals surface area contributed by atoms with Gasteiger partial charge in [0.2, 0.25) is 5.89 Å². The summed E-state index contributed by atoms with van der Waals surface area (Å²) < 4.78 is 9.30. The van der Waals surface area contributed by atoms with Gasteiger partial charge in [0, 0.05) is 24.8 Å². The zero-order chi connectivity index (χ0) is 19.1. The van der Waals surface area contributed by atoms with Crippen LogP contribution in [0.2, 0.25) is 0 Å². The molecule has 3 aromatic rings. The van der Waals surface area contributed by atoms with E-state index in [0.717, 1.165) is 61.2 Å². The van der Waals surface area contributed by atoms with Crippen molar-refractivity contribution in [2.24, 2.45) is 0 Å². The van der Waals surface area contributed by atoms with Gasteiger partial charge in [0.15, 0.2) is 11.6 Å². The first-order valence-electron chi connectivity index (χ1n) is 9.98. The number of rotatable bonds is 3. The van der Waals surface area contributed by atoms with Crippen molar-refractivity contribution in [1.82, 2.24) is 29.3 Å². The highest BCUT2D eigenvalue weighted by Crippen LogP contribution is 2.40. The van der Waals surface area contributed by atoms with Gasteiger partial charge in [-0.1, -0.05) is 30.3 Å². The molecule has 29 heavy (non-hydrogen) atoms. The number of aryl methyl sites for hydroxylation is 1. The first kappa shape index (κ1) is 20.3. The molecule has 2 aromatic heterocycles. The van der Waals surface area contributed by atoms with Crippen molar-refractivity contribution in [2.75, 3.05) is 0 Å². The van der Waals surface area contributed by atoms with E-state index in [0.29, 0.717) is 24.9 Å².